The first-order valence-electron chi connectivity index (χ1n) is 8.59. The fourth-order valence-electron chi connectivity index (χ4n) is 2.41. The van der Waals surface area contributed by atoms with Crippen molar-refractivity contribution in [3.8, 4) is 0 Å². The topological polar surface area (TPSA) is 44.7 Å². The number of hydrogen-bond donors (Lipinski definition) is 1. The van der Waals surface area contributed by atoms with Gasteiger partial charge < -0.3 is 10.2 Å². The Hall–Kier alpha value is -0.890. The van der Waals surface area contributed by atoms with Crippen molar-refractivity contribution in [3.05, 3.63) is 48.6 Å². The number of unbranched alkanes of at least 4 members (excludes halogenated alkanes) is 3. The number of allylic oxidation sites excluding steroid dienone is 1. The van der Waals surface area contributed by atoms with Gasteiger partial charge in [-0.05, 0) is 24.8 Å². The van der Waals surface area contributed by atoms with Crippen LogP contribution >= 0.6 is 24.0 Å². The molecule has 1 atom stereocenters. The van der Waals surface area contributed by atoms with E-state index in [0.29, 0.717) is 18.1 Å². The smallest absolute Gasteiger partial charge is 0.193 e. The fourth-order valence-corrected chi connectivity index (χ4v) is 3.45. The second kappa shape index (κ2) is 15.4. The van der Waals surface area contributed by atoms with E-state index in [-0.39, 0.29) is 24.0 Å². The van der Waals surface area contributed by atoms with Crippen molar-refractivity contribution in [2.45, 2.75) is 31.4 Å². The molecule has 0 radical (unpaired) electrons. The first-order chi connectivity index (χ1) is 11.7. The van der Waals surface area contributed by atoms with Crippen molar-refractivity contribution >= 4 is 40.7 Å². The number of nitrogens with one attached hydrogen (secondary N) is 1. The van der Waals surface area contributed by atoms with E-state index < -0.39 is 10.8 Å². The van der Waals surface area contributed by atoms with E-state index >= 15 is 0 Å². The number of rotatable bonds is 11. The minimum absolute atomic E-state index is 0. The molecule has 1 aromatic carbocycles. The van der Waals surface area contributed by atoms with Gasteiger partial charge in [0.05, 0.1) is 0 Å². The highest BCUT2D eigenvalue weighted by molar-refractivity contribution is 14.0. The molecule has 4 nitrogen and oxygen atoms in total. The highest BCUT2D eigenvalue weighted by atomic mass is 127. The predicted molar refractivity (Wildman–Crippen MR) is 121 cm³/mol. The number of hydrogen-bond acceptors (Lipinski definition) is 2. The molecule has 0 aliphatic heterocycles. The highest BCUT2D eigenvalue weighted by Gasteiger charge is 2.06. The van der Waals surface area contributed by atoms with Gasteiger partial charge in [0.2, 0.25) is 0 Å². The quantitative estimate of drug-likeness (QED) is 0.173. The molecule has 25 heavy (non-hydrogen) atoms. The zero-order valence-corrected chi connectivity index (χ0v) is 18.6. The zero-order valence-electron chi connectivity index (χ0n) is 15.4. The molecule has 0 aliphatic rings. The number of aliphatic imine (C=N–C) groups is 1. The Morgan fingerprint density at radius 1 is 1.28 bits per heavy atom. The van der Waals surface area contributed by atoms with E-state index in [0.717, 1.165) is 30.9 Å². The first kappa shape index (κ1) is 24.1. The molecular formula is C19H32IN3OS. The molecule has 0 aromatic heterocycles. The summed E-state index contributed by atoms with van der Waals surface area (Å²) in [6, 6.07) is 9.98. The maximum Gasteiger partial charge on any atom is 0.193 e. The summed E-state index contributed by atoms with van der Waals surface area (Å²) in [7, 11) is 2.98. The summed E-state index contributed by atoms with van der Waals surface area (Å²) in [6.45, 7) is 5.39. The van der Waals surface area contributed by atoms with E-state index in [2.05, 4.69) is 21.8 Å². The third-order valence-electron chi connectivity index (χ3n) is 3.76. The molecule has 1 unspecified atom stereocenters. The van der Waals surface area contributed by atoms with Crippen molar-refractivity contribution in [2.75, 3.05) is 32.9 Å². The maximum absolute atomic E-state index is 12.1. The average molecular weight is 477 g/mol. The van der Waals surface area contributed by atoms with Gasteiger partial charge in [-0.25, -0.2) is 0 Å². The number of nitrogens with zero attached hydrogens (tertiary/aromatic N) is 2. The Bertz CT molecular complexity index is 523. The van der Waals surface area contributed by atoms with Crippen LogP contribution < -0.4 is 5.32 Å². The van der Waals surface area contributed by atoms with Crippen molar-refractivity contribution in [1.29, 1.82) is 0 Å². The molecule has 0 heterocycles. The van der Waals surface area contributed by atoms with Gasteiger partial charge >= 0.3 is 0 Å². The summed E-state index contributed by atoms with van der Waals surface area (Å²) in [4.78, 5) is 6.43. The molecule has 142 valence electrons. The van der Waals surface area contributed by atoms with Crippen LogP contribution in [-0.2, 0) is 16.6 Å². The largest absolute Gasteiger partial charge is 0.355 e. The van der Waals surface area contributed by atoms with Crippen LogP contribution in [0.2, 0.25) is 0 Å². The molecule has 0 saturated heterocycles. The molecule has 0 spiro atoms. The molecule has 0 aliphatic carbocycles. The van der Waals surface area contributed by atoms with Crippen LogP contribution in [0.5, 0.6) is 0 Å². The van der Waals surface area contributed by atoms with Gasteiger partial charge in [0.25, 0.3) is 0 Å². The summed E-state index contributed by atoms with van der Waals surface area (Å²) in [5, 5.41) is 3.30. The second-order valence-corrected chi connectivity index (χ2v) is 7.38. The zero-order chi connectivity index (χ0) is 17.6. The molecule has 1 rings (SSSR count). The molecule has 1 aromatic rings. The van der Waals surface area contributed by atoms with Crippen LogP contribution in [0.4, 0.5) is 0 Å². The lowest BCUT2D eigenvalue weighted by molar-refractivity contribution is 0.457. The Labute approximate surface area is 172 Å². The van der Waals surface area contributed by atoms with Crippen molar-refractivity contribution in [2.24, 2.45) is 4.99 Å². The first-order valence-corrected chi connectivity index (χ1v) is 10.1. The van der Waals surface area contributed by atoms with E-state index in [9.17, 15) is 4.21 Å². The van der Waals surface area contributed by atoms with E-state index in [1.165, 1.54) is 12.8 Å². The minimum Gasteiger partial charge on any atom is -0.355 e. The summed E-state index contributed by atoms with van der Waals surface area (Å²) >= 11 is 0. The van der Waals surface area contributed by atoms with Crippen LogP contribution in [0.1, 0.15) is 31.2 Å². The molecule has 6 heteroatoms. The van der Waals surface area contributed by atoms with Crippen molar-refractivity contribution < 1.29 is 4.21 Å². The lowest BCUT2D eigenvalue weighted by Crippen LogP contribution is -2.41. The van der Waals surface area contributed by atoms with Crippen molar-refractivity contribution in [3.63, 3.8) is 0 Å². The summed E-state index contributed by atoms with van der Waals surface area (Å²) in [6.07, 6.45) is 6.60. The summed E-state index contributed by atoms with van der Waals surface area (Å²) in [5.41, 5.74) is 1.12. The number of benzene rings is 1. The Morgan fingerprint density at radius 3 is 2.64 bits per heavy atom. The summed E-state index contributed by atoms with van der Waals surface area (Å²) < 4.78 is 12.1. The van der Waals surface area contributed by atoms with Gasteiger partial charge in [-0.3, -0.25) is 9.20 Å². The maximum atomic E-state index is 12.1. The summed E-state index contributed by atoms with van der Waals surface area (Å²) in [5.74, 6) is 2.11. The Morgan fingerprint density at radius 2 is 2.00 bits per heavy atom. The van der Waals surface area contributed by atoms with Gasteiger partial charge in [-0.15, -0.1) is 30.6 Å². The Kier molecular flexibility index (Phi) is 14.8. The van der Waals surface area contributed by atoms with Crippen LogP contribution in [0.3, 0.4) is 0 Å². The van der Waals surface area contributed by atoms with Crippen LogP contribution in [-0.4, -0.2) is 48.0 Å². The van der Waals surface area contributed by atoms with Crippen LogP contribution in [0.25, 0.3) is 0 Å². The number of guanidine groups is 1. The minimum atomic E-state index is -0.857. The predicted octanol–water partition coefficient (Wildman–Crippen LogP) is 3.81. The molecule has 0 amide bonds. The van der Waals surface area contributed by atoms with Crippen LogP contribution in [0, 0.1) is 0 Å². The number of halogens is 1. The van der Waals surface area contributed by atoms with Gasteiger partial charge in [0, 0.05) is 49.5 Å². The molecule has 0 bridgehead atoms. The lowest BCUT2D eigenvalue weighted by Gasteiger charge is -2.22. The van der Waals surface area contributed by atoms with Gasteiger partial charge in [-0.2, -0.15) is 0 Å². The third kappa shape index (κ3) is 11.4. The van der Waals surface area contributed by atoms with Gasteiger partial charge in [-0.1, -0.05) is 42.8 Å². The van der Waals surface area contributed by atoms with Gasteiger partial charge in [0.15, 0.2) is 5.96 Å². The van der Waals surface area contributed by atoms with E-state index in [4.69, 9.17) is 0 Å². The normalized spacial score (nSPS) is 12.2. The van der Waals surface area contributed by atoms with Crippen LogP contribution in [0.15, 0.2) is 48.0 Å². The Balaban J connectivity index is 0.00000576. The monoisotopic (exact) mass is 477 g/mol. The fraction of sp³-hybridized carbons (Fsp3) is 0.526. The standard InChI is InChI=1S/C19H31N3OS.HI/c1-4-5-6-7-11-15-22(3)19(20-2)21-14-16-24(23)17-18-12-9-8-10-13-18;/h4,8-10,12-13H,1,5-7,11,14-17H2,2-3H3,(H,20,21);1H. The molecular weight excluding hydrogens is 445 g/mol. The van der Waals surface area contributed by atoms with E-state index in [1.54, 1.807) is 7.05 Å². The molecule has 0 saturated carbocycles. The molecule has 0 fully saturated rings. The van der Waals surface area contributed by atoms with Crippen molar-refractivity contribution in [1.82, 2.24) is 10.2 Å². The third-order valence-corrected chi connectivity index (χ3v) is 5.07. The molecule has 1 N–H and O–H groups in total. The van der Waals surface area contributed by atoms with Gasteiger partial charge in [0.1, 0.15) is 0 Å². The average Bonchev–Trinajstić information content (AvgIpc) is 2.59. The van der Waals surface area contributed by atoms with E-state index in [1.807, 2.05) is 43.5 Å². The highest BCUT2D eigenvalue weighted by Crippen LogP contribution is 2.03. The SMILES string of the molecule is C=CCCCCCN(C)C(=NC)NCCS(=O)Cc1ccccc1.I. The lowest BCUT2D eigenvalue weighted by atomic mass is 10.2. The second-order valence-electron chi connectivity index (χ2n) is 5.81.